The van der Waals surface area contributed by atoms with Gasteiger partial charge >= 0.3 is 0 Å². The van der Waals surface area contributed by atoms with Gasteiger partial charge in [-0.25, -0.2) is 0 Å². The summed E-state index contributed by atoms with van der Waals surface area (Å²) in [7, 11) is -2.69. The first kappa shape index (κ1) is 12.8. The van der Waals surface area contributed by atoms with Crippen LogP contribution >= 0.6 is 7.37 Å². The third-order valence-electron chi connectivity index (χ3n) is 3.00. The highest BCUT2D eigenvalue weighted by Crippen LogP contribution is 2.54. The molecule has 0 saturated carbocycles. The van der Waals surface area contributed by atoms with Gasteiger partial charge in [0.2, 0.25) is 0 Å². The number of rotatable bonds is 3. The van der Waals surface area contributed by atoms with Crippen molar-refractivity contribution in [1.29, 1.82) is 0 Å². The van der Waals surface area contributed by atoms with E-state index in [0.29, 0.717) is 18.1 Å². The molecule has 0 atom stereocenters. The number of nitrogens with zero attached hydrogens (tertiary/aromatic N) is 1. The van der Waals surface area contributed by atoms with E-state index in [1.807, 2.05) is 13.8 Å². The van der Waals surface area contributed by atoms with Gasteiger partial charge in [0.05, 0.1) is 17.2 Å². The van der Waals surface area contributed by atoms with Crippen LogP contribution in [0, 0.1) is 10.1 Å². The van der Waals surface area contributed by atoms with Crippen LogP contribution in [0.3, 0.4) is 0 Å². The van der Waals surface area contributed by atoms with Gasteiger partial charge in [-0.3, -0.25) is 14.7 Å². The molecule has 0 aliphatic carbocycles. The first-order chi connectivity index (χ1) is 8.39. The first-order valence-electron chi connectivity index (χ1n) is 5.57. The van der Waals surface area contributed by atoms with E-state index in [0.717, 1.165) is 11.1 Å². The Hall–Kier alpha value is -1.61. The molecule has 18 heavy (non-hydrogen) atoms. The summed E-state index contributed by atoms with van der Waals surface area (Å²) in [6, 6.07) is 5.68. The van der Waals surface area contributed by atoms with E-state index in [-0.39, 0.29) is 5.69 Å². The van der Waals surface area contributed by atoms with E-state index in [2.05, 4.69) is 0 Å². The number of non-ortho nitro benzene ring substituents is 1. The van der Waals surface area contributed by atoms with Crippen molar-refractivity contribution in [3.63, 3.8) is 0 Å². The number of nitro groups is 1. The quantitative estimate of drug-likeness (QED) is 0.363. The summed E-state index contributed by atoms with van der Waals surface area (Å²) in [6.07, 6.45) is 0.936. The molecule has 0 N–H and O–H groups in total. The van der Waals surface area contributed by atoms with Gasteiger partial charge in [-0.05, 0) is 26.0 Å². The SMILES string of the molecule is CC1=C(C)CP(=O)(Oc2ccc([N+](=O)[O-])cc2)C1. The normalized spacial score (nSPS) is 17.9. The predicted octanol–water partition coefficient (Wildman–Crippen LogP) is 3.60. The summed E-state index contributed by atoms with van der Waals surface area (Å²) in [5, 5.41) is 10.5. The van der Waals surface area contributed by atoms with Gasteiger partial charge in [0, 0.05) is 12.1 Å². The zero-order valence-corrected chi connectivity index (χ0v) is 11.1. The molecule has 1 aromatic carbocycles. The Morgan fingerprint density at radius 3 is 2.11 bits per heavy atom. The largest absolute Gasteiger partial charge is 0.442 e. The van der Waals surface area contributed by atoms with Crippen molar-refractivity contribution in [3.8, 4) is 5.75 Å². The Morgan fingerprint density at radius 2 is 1.67 bits per heavy atom. The molecule has 0 radical (unpaired) electrons. The maximum atomic E-state index is 12.4. The van der Waals surface area contributed by atoms with E-state index >= 15 is 0 Å². The zero-order chi connectivity index (χ0) is 13.3. The third-order valence-corrected chi connectivity index (χ3v) is 5.46. The number of allylic oxidation sites excluding steroid dienone is 2. The molecular weight excluding hydrogens is 253 g/mol. The standard InChI is InChI=1S/C12H14NO4P/c1-9-7-18(16,8-10(9)2)17-12-5-3-11(4-6-12)13(14)15/h3-6H,7-8H2,1-2H3. The van der Waals surface area contributed by atoms with Crippen LogP contribution in [0.5, 0.6) is 5.75 Å². The third kappa shape index (κ3) is 2.62. The molecule has 1 aromatic rings. The Morgan fingerprint density at radius 1 is 1.17 bits per heavy atom. The van der Waals surface area contributed by atoms with Crippen molar-refractivity contribution in [3.05, 3.63) is 45.5 Å². The molecule has 1 aliphatic heterocycles. The van der Waals surface area contributed by atoms with E-state index in [4.69, 9.17) is 4.52 Å². The van der Waals surface area contributed by atoms with Crippen LogP contribution in [0.25, 0.3) is 0 Å². The number of benzene rings is 1. The highest BCUT2D eigenvalue weighted by atomic mass is 31.2. The molecule has 5 nitrogen and oxygen atoms in total. The minimum absolute atomic E-state index is 0.00228. The van der Waals surface area contributed by atoms with Crippen molar-refractivity contribution in [2.75, 3.05) is 12.3 Å². The van der Waals surface area contributed by atoms with E-state index in [9.17, 15) is 14.7 Å². The Labute approximate surface area is 105 Å². The highest BCUT2D eigenvalue weighted by molar-refractivity contribution is 7.60. The van der Waals surface area contributed by atoms with Crippen LogP contribution in [0.4, 0.5) is 5.69 Å². The maximum absolute atomic E-state index is 12.4. The van der Waals surface area contributed by atoms with Crippen LogP contribution in [-0.2, 0) is 4.57 Å². The molecular formula is C12H14NO4P. The van der Waals surface area contributed by atoms with Crippen LogP contribution in [-0.4, -0.2) is 17.2 Å². The molecule has 0 aromatic heterocycles. The lowest BCUT2D eigenvalue weighted by atomic mass is 10.2. The number of hydrogen-bond donors (Lipinski definition) is 0. The molecule has 0 fully saturated rings. The minimum Gasteiger partial charge on any atom is -0.442 e. The van der Waals surface area contributed by atoms with Crippen molar-refractivity contribution < 1.29 is 14.0 Å². The second kappa shape index (κ2) is 4.58. The fourth-order valence-electron chi connectivity index (χ4n) is 1.93. The van der Waals surface area contributed by atoms with Crippen molar-refractivity contribution in [1.82, 2.24) is 0 Å². The van der Waals surface area contributed by atoms with Crippen LogP contribution in [0.2, 0.25) is 0 Å². The van der Waals surface area contributed by atoms with Crippen LogP contribution < -0.4 is 4.52 Å². The van der Waals surface area contributed by atoms with Gasteiger partial charge in [-0.1, -0.05) is 11.1 Å². The molecule has 0 spiro atoms. The number of hydrogen-bond acceptors (Lipinski definition) is 4. The lowest BCUT2D eigenvalue weighted by Crippen LogP contribution is -1.97. The highest BCUT2D eigenvalue weighted by Gasteiger charge is 2.32. The summed E-state index contributed by atoms with van der Waals surface area (Å²) in [5.41, 5.74) is 2.22. The molecule has 0 saturated heterocycles. The Kier molecular flexibility index (Phi) is 3.26. The van der Waals surface area contributed by atoms with Gasteiger partial charge in [-0.15, -0.1) is 0 Å². The summed E-state index contributed by atoms with van der Waals surface area (Å²) in [5.74, 6) is 0.423. The van der Waals surface area contributed by atoms with Crippen LogP contribution in [0.1, 0.15) is 13.8 Å². The summed E-state index contributed by atoms with van der Waals surface area (Å²) in [6.45, 7) is 3.91. The number of nitro benzene ring substituents is 1. The molecule has 96 valence electrons. The fraction of sp³-hybridized carbons (Fsp3) is 0.333. The second-order valence-corrected chi connectivity index (χ2v) is 6.98. The van der Waals surface area contributed by atoms with Crippen molar-refractivity contribution in [2.24, 2.45) is 0 Å². The molecule has 2 rings (SSSR count). The Bertz CT molecular complexity index is 544. The Balaban J connectivity index is 2.12. The molecule has 1 aliphatic rings. The fourth-order valence-corrected chi connectivity index (χ4v) is 4.67. The average molecular weight is 267 g/mol. The molecule has 6 heteroatoms. The summed E-state index contributed by atoms with van der Waals surface area (Å²) >= 11 is 0. The van der Waals surface area contributed by atoms with Crippen molar-refractivity contribution in [2.45, 2.75) is 13.8 Å². The topological polar surface area (TPSA) is 69.4 Å². The van der Waals surface area contributed by atoms with Crippen molar-refractivity contribution >= 4 is 13.1 Å². The maximum Gasteiger partial charge on any atom is 0.269 e. The van der Waals surface area contributed by atoms with Crippen LogP contribution in [0.15, 0.2) is 35.4 Å². The van der Waals surface area contributed by atoms with Gasteiger partial charge in [0.15, 0.2) is 0 Å². The minimum atomic E-state index is -2.69. The zero-order valence-electron chi connectivity index (χ0n) is 10.3. The van der Waals surface area contributed by atoms with E-state index in [1.165, 1.54) is 24.3 Å². The molecule has 0 unspecified atom stereocenters. The van der Waals surface area contributed by atoms with Gasteiger partial charge in [-0.2, -0.15) is 0 Å². The average Bonchev–Trinajstić information content (AvgIpc) is 2.53. The van der Waals surface area contributed by atoms with E-state index in [1.54, 1.807) is 0 Å². The van der Waals surface area contributed by atoms with Gasteiger partial charge in [0.1, 0.15) is 5.75 Å². The van der Waals surface area contributed by atoms with Gasteiger partial charge < -0.3 is 4.52 Å². The van der Waals surface area contributed by atoms with Gasteiger partial charge in [0.25, 0.3) is 13.1 Å². The monoisotopic (exact) mass is 267 g/mol. The first-order valence-corrected chi connectivity index (χ1v) is 7.56. The smallest absolute Gasteiger partial charge is 0.269 e. The lowest BCUT2D eigenvalue weighted by molar-refractivity contribution is -0.384. The summed E-state index contributed by atoms with van der Waals surface area (Å²) < 4.78 is 18.0. The van der Waals surface area contributed by atoms with E-state index < -0.39 is 12.3 Å². The lowest BCUT2D eigenvalue weighted by Gasteiger charge is -2.14. The predicted molar refractivity (Wildman–Crippen MR) is 69.4 cm³/mol. The summed E-state index contributed by atoms with van der Waals surface area (Å²) in [4.78, 5) is 10.0. The second-order valence-electron chi connectivity index (χ2n) is 4.53. The molecule has 1 heterocycles. The molecule has 0 bridgehead atoms. The molecule has 0 amide bonds.